The van der Waals surface area contributed by atoms with Crippen molar-refractivity contribution in [3.8, 4) is 0 Å². The quantitative estimate of drug-likeness (QED) is 0.351. The maximum absolute atomic E-state index is 3.49. The Hall–Kier alpha value is -0.590. The smallest absolute Gasteiger partial charge is 0.0353 e. The number of aliphatic imine (C=N–C) groups is 1. The second-order valence-electron chi connectivity index (χ2n) is 0.948. The molecular weight excluding hydrogens is 86.1 g/mol. The molecule has 1 heteroatoms. The molecule has 0 fully saturated rings. The molecule has 0 aromatic carbocycles. The zero-order valence-corrected chi connectivity index (χ0v) is 5.15. The number of hydrogen-bond acceptors (Lipinski definition) is 1. The van der Waals surface area contributed by atoms with Gasteiger partial charge in [-0.15, -0.1) is 6.58 Å². The van der Waals surface area contributed by atoms with Crippen LogP contribution in [0, 0.1) is 0 Å². The first-order valence-electron chi connectivity index (χ1n) is 2.33. The Labute approximate surface area is 45.8 Å². The lowest BCUT2D eigenvalue weighted by Gasteiger charge is -1.61. The highest BCUT2D eigenvalue weighted by Crippen LogP contribution is 1.50. The van der Waals surface area contributed by atoms with Gasteiger partial charge in [0.25, 0.3) is 0 Å². The van der Waals surface area contributed by atoms with Crippen LogP contribution in [0.15, 0.2) is 17.6 Å². The standard InChI is InChI=1S/C3H7N.C3H6/c1-3-4-2;1-3-2/h2-3H2,1H3;3H,1H2,2H3. The molecule has 0 heterocycles. The topological polar surface area (TPSA) is 12.4 Å². The monoisotopic (exact) mass is 99.1 g/mol. The van der Waals surface area contributed by atoms with Crippen LogP contribution in [0.2, 0.25) is 0 Å². The molecule has 0 rings (SSSR count). The van der Waals surface area contributed by atoms with Crippen LogP contribution in [-0.4, -0.2) is 13.3 Å². The van der Waals surface area contributed by atoms with Gasteiger partial charge in [0.15, 0.2) is 0 Å². The van der Waals surface area contributed by atoms with Gasteiger partial charge in [-0.3, -0.25) is 0 Å². The summed E-state index contributed by atoms with van der Waals surface area (Å²) in [6.45, 7) is 11.3. The van der Waals surface area contributed by atoms with E-state index in [1.54, 1.807) is 6.08 Å². The van der Waals surface area contributed by atoms with Crippen LogP contribution in [0.1, 0.15) is 13.8 Å². The predicted molar refractivity (Wildman–Crippen MR) is 36.0 cm³/mol. The lowest BCUT2D eigenvalue weighted by Crippen LogP contribution is -1.54. The summed E-state index contributed by atoms with van der Waals surface area (Å²) in [6, 6.07) is 0. The Balaban J connectivity index is 0. The molecular formula is C6H13N. The van der Waals surface area contributed by atoms with E-state index in [4.69, 9.17) is 0 Å². The molecule has 42 valence electrons. The summed E-state index contributed by atoms with van der Waals surface area (Å²) < 4.78 is 0. The first kappa shape index (κ1) is 9.65. The Bertz CT molecular complexity index is 39.4. The average Bonchev–Trinajstić information content (AvgIpc) is 1.69. The highest BCUT2D eigenvalue weighted by atomic mass is 14.6. The van der Waals surface area contributed by atoms with Gasteiger partial charge in [0.2, 0.25) is 0 Å². The van der Waals surface area contributed by atoms with Crippen molar-refractivity contribution >= 4 is 6.72 Å². The second kappa shape index (κ2) is 18.1. The third kappa shape index (κ3) is 374. The Morgan fingerprint density at radius 1 is 1.71 bits per heavy atom. The summed E-state index contributed by atoms with van der Waals surface area (Å²) in [7, 11) is 0. The van der Waals surface area contributed by atoms with Crippen LogP contribution >= 0.6 is 0 Å². The molecule has 0 unspecified atom stereocenters. The summed E-state index contributed by atoms with van der Waals surface area (Å²) in [5.74, 6) is 0. The molecule has 0 aliphatic carbocycles. The normalized spacial score (nSPS) is 5.43. The van der Waals surface area contributed by atoms with E-state index in [2.05, 4.69) is 18.3 Å². The van der Waals surface area contributed by atoms with Crippen molar-refractivity contribution in [1.29, 1.82) is 0 Å². The number of rotatable bonds is 1. The molecule has 0 aliphatic rings. The molecule has 0 saturated heterocycles. The summed E-state index contributed by atoms with van der Waals surface area (Å²) >= 11 is 0. The minimum Gasteiger partial charge on any atom is -0.301 e. The van der Waals surface area contributed by atoms with Crippen LogP contribution in [0.4, 0.5) is 0 Å². The fourth-order valence-corrected chi connectivity index (χ4v) is 0. The second-order valence-corrected chi connectivity index (χ2v) is 0.948. The summed E-state index contributed by atoms with van der Waals surface area (Å²) in [5, 5.41) is 0. The number of allylic oxidation sites excluding steroid dienone is 1. The van der Waals surface area contributed by atoms with Gasteiger partial charge in [0.1, 0.15) is 0 Å². The van der Waals surface area contributed by atoms with Crippen LogP contribution in [0.25, 0.3) is 0 Å². The molecule has 0 radical (unpaired) electrons. The molecule has 1 nitrogen and oxygen atoms in total. The number of hydrogen-bond donors (Lipinski definition) is 0. The van der Waals surface area contributed by atoms with Gasteiger partial charge in [-0.2, -0.15) is 0 Å². The molecule has 0 N–H and O–H groups in total. The minimum atomic E-state index is 0.833. The zero-order chi connectivity index (χ0) is 6.12. The van der Waals surface area contributed by atoms with Crippen LogP contribution in [-0.2, 0) is 0 Å². The van der Waals surface area contributed by atoms with E-state index in [0.29, 0.717) is 0 Å². The zero-order valence-electron chi connectivity index (χ0n) is 5.15. The van der Waals surface area contributed by atoms with E-state index < -0.39 is 0 Å². The maximum Gasteiger partial charge on any atom is 0.0353 e. The van der Waals surface area contributed by atoms with Gasteiger partial charge < -0.3 is 4.99 Å². The molecule has 0 amide bonds. The van der Waals surface area contributed by atoms with Gasteiger partial charge in [0.05, 0.1) is 0 Å². The number of nitrogens with zero attached hydrogens (tertiary/aromatic N) is 1. The van der Waals surface area contributed by atoms with E-state index in [1.807, 2.05) is 13.8 Å². The van der Waals surface area contributed by atoms with E-state index in [-0.39, 0.29) is 0 Å². The van der Waals surface area contributed by atoms with Crippen molar-refractivity contribution in [3.63, 3.8) is 0 Å². The third-order valence-electron chi connectivity index (χ3n) is 0.224. The molecule has 0 aliphatic heterocycles. The Kier molecular flexibility index (Phi) is 25.0. The molecule has 0 aromatic heterocycles. The average molecular weight is 99.2 g/mol. The lowest BCUT2D eigenvalue weighted by atomic mass is 10.8. The highest BCUT2D eigenvalue weighted by Gasteiger charge is 1.43. The van der Waals surface area contributed by atoms with E-state index in [9.17, 15) is 0 Å². The van der Waals surface area contributed by atoms with Crippen molar-refractivity contribution in [3.05, 3.63) is 12.7 Å². The first-order valence-corrected chi connectivity index (χ1v) is 2.33. The highest BCUT2D eigenvalue weighted by molar-refractivity contribution is 5.22. The van der Waals surface area contributed by atoms with Crippen molar-refractivity contribution in [2.75, 3.05) is 6.54 Å². The van der Waals surface area contributed by atoms with E-state index >= 15 is 0 Å². The van der Waals surface area contributed by atoms with Crippen molar-refractivity contribution < 1.29 is 0 Å². The summed E-state index contributed by atoms with van der Waals surface area (Å²) in [4.78, 5) is 3.49. The molecule has 0 bridgehead atoms. The van der Waals surface area contributed by atoms with Crippen molar-refractivity contribution in [1.82, 2.24) is 0 Å². The first-order chi connectivity index (χ1) is 3.33. The molecule has 0 saturated carbocycles. The maximum atomic E-state index is 3.49. The predicted octanol–water partition coefficient (Wildman–Crippen LogP) is 1.90. The molecule has 0 aromatic rings. The Morgan fingerprint density at radius 3 is 1.86 bits per heavy atom. The third-order valence-corrected chi connectivity index (χ3v) is 0.224. The van der Waals surface area contributed by atoms with Crippen molar-refractivity contribution in [2.24, 2.45) is 4.99 Å². The van der Waals surface area contributed by atoms with Gasteiger partial charge in [-0.25, -0.2) is 0 Å². The summed E-state index contributed by atoms with van der Waals surface area (Å²) in [6.07, 6.45) is 1.75. The van der Waals surface area contributed by atoms with Gasteiger partial charge in [-0.05, 0) is 20.6 Å². The van der Waals surface area contributed by atoms with Crippen LogP contribution < -0.4 is 0 Å². The summed E-state index contributed by atoms with van der Waals surface area (Å²) in [5.41, 5.74) is 0. The van der Waals surface area contributed by atoms with Gasteiger partial charge in [0, 0.05) is 6.54 Å². The molecule has 7 heavy (non-hydrogen) atoms. The van der Waals surface area contributed by atoms with Crippen LogP contribution in [0.5, 0.6) is 0 Å². The van der Waals surface area contributed by atoms with Gasteiger partial charge >= 0.3 is 0 Å². The minimum absolute atomic E-state index is 0.833. The molecule has 0 spiro atoms. The van der Waals surface area contributed by atoms with Gasteiger partial charge in [-0.1, -0.05) is 6.08 Å². The molecule has 0 atom stereocenters. The fourth-order valence-electron chi connectivity index (χ4n) is 0. The van der Waals surface area contributed by atoms with E-state index in [1.165, 1.54) is 0 Å². The van der Waals surface area contributed by atoms with E-state index in [0.717, 1.165) is 6.54 Å². The fraction of sp³-hybridized carbons (Fsp3) is 0.500. The largest absolute Gasteiger partial charge is 0.301 e. The van der Waals surface area contributed by atoms with Crippen molar-refractivity contribution in [2.45, 2.75) is 13.8 Å². The SMILES string of the molecule is C=CC.C=NCC. The van der Waals surface area contributed by atoms with Crippen LogP contribution in [0.3, 0.4) is 0 Å². The lowest BCUT2D eigenvalue weighted by molar-refractivity contribution is 1.15. The Morgan fingerprint density at radius 2 is 1.86 bits per heavy atom.